The Morgan fingerprint density at radius 1 is 1.19 bits per heavy atom. The molecule has 0 saturated carbocycles. The fraction of sp³-hybridized carbons (Fsp3) is 0.636. The van der Waals surface area contributed by atoms with Gasteiger partial charge in [-0.2, -0.15) is 18.7 Å². The van der Waals surface area contributed by atoms with E-state index in [1.807, 2.05) is 31.1 Å². The van der Waals surface area contributed by atoms with Crippen molar-refractivity contribution in [2.24, 2.45) is 16.5 Å². The SMILES string of the molecule is CC.CN.COCCOc1ccc(NC(N)=NCCCN(C)CCCNC(=O)C(F)(F)F)c([NH2+]O)c1. The van der Waals surface area contributed by atoms with Crippen molar-refractivity contribution >= 4 is 23.2 Å². The summed E-state index contributed by atoms with van der Waals surface area (Å²) in [6, 6.07) is 5.08. The number of benzene rings is 1. The van der Waals surface area contributed by atoms with Crippen molar-refractivity contribution in [2.45, 2.75) is 32.9 Å². The molecule has 0 spiro atoms. The summed E-state index contributed by atoms with van der Waals surface area (Å²) in [5.41, 5.74) is 12.4. The monoisotopic (exact) mass is 526 g/mol. The Labute approximate surface area is 211 Å². The Balaban J connectivity index is 0. The number of carbonyl (C=O) groups is 1. The number of hydrogen-bond acceptors (Lipinski definition) is 7. The highest BCUT2D eigenvalue weighted by Crippen LogP contribution is 2.23. The molecule has 14 heteroatoms. The molecule has 0 heterocycles. The lowest BCUT2D eigenvalue weighted by Gasteiger charge is -2.16. The van der Waals surface area contributed by atoms with Crippen LogP contribution in [0.5, 0.6) is 5.75 Å². The van der Waals surface area contributed by atoms with Gasteiger partial charge in [0.1, 0.15) is 18.0 Å². The van der Waals surface area contributed by atoms with Crippen molar-refractivity contribution in [2.75, 3.05) is 65.9 Å². The van der Waals surface area contributed by atoms with Crippen LogP contribution in [-0.4, -0.2) is 88.7 Å². The first-order valence-electron chi connectivity index (χ1n) is 11.6. The number of carbonyl (C=O) groups excluding carboxylic acids is 1. The van der Waals surface area contributed by atoms with Gasteiger partial charge in [0.2, 0.25) is 0 Å². The van der Waals surface area contributed by atoms with E-state index in [1.165, 1.54) is 7.05 Å². The van der Waals surface area contributed by atoms with Crippen LogP contribution in [0.1, 0.15) is 26.7 Å². The Morgan fingerprint density at radius 2 is 1.83 bits per heavy atom. The van der Waals surface area contributed by atoms with Gasteiger partial charge in [-0.15, -0.1) is 0 Å². The van der Waals surface area contributed by atoms with Crippen LogP contribution in [0.25, 0.3) is 0 Å². The van der Waals surface area contributed by atoms with Crippen LogP contribution < -0.4 is 32.3 Å². The Morgan fingerprint density at radius 3 is 2.42 bits per heavy atom. The maximum Gasteiger partial charge on any atom is 0.471 e. The molecule has 1 aromatic rings. The molecule has 36 heavy (non-hydrogen) atoms. The molecule has 0 bridgehead atoms. The third kappa shape index (κ3) is 16.9. The molecule has 9 N–H and O–H groups in total. The molecule has 0 aliphatic rings. The van der Waals surface area contributed by atoms with Crippen molar-refractivity contribution in [1.29, 1.82) is 0 Å². The molecule has 0 saturated heterocycles. The van der Waals surface area contributed by atoms with E-state index in [2.05, 4.69) is 16.0 Å². The summed E-state index contributed by atoms with van der Waals surface area (Å²) >= 11 is 0. The van der Waals surface area contributed by atoms with E-state index in [1.54, 1.807) is 25.3 Å². The zero-order valence-electron chi connectivity index (χ0n) is 21.8. The highest BCUT2D eigenvalue weighted by Gasteiger charge is 2.38. The van der Waals surface area contributed by atoms with Crippen molar-refractivity contribution in [3.63, 3.8) is 0 Å². The van der Waals surface area contributed by atoms with E-state index in [-0.39, 0.29) is 12.5 Å². The summed E-state index contributed by atoms with van der Waals surface area (Å²) in [5, 5.41) is 14.2. The minimum absolute atomic E-state index is 0.0435. The number of amides is 1. The molecule has 0 unspecified atom stereocenters. The maximum atomic E-state index is 12.1. The van der Waals surface area contributed by atoms with Crippen LogP contribution in [0, 0.1) is 0 Å². The Hall–Kier alpha value is -2.65. The number of methoxy groups -OCH3 is 1. The quantitative estimate of drug-likeness (QED) is 0.0688. The van der Waals surface area contributed by atoms with Crippen LogP contribution in [0.2, 0.25) is 0 Å². The molecule has 0 aliphatic carbocycles. The van der Waals surface area contributed by atoms with Gasteiger partial charge < -0.3 is 36.5 Å². The van der Waals surface area contributed by atoms with Gasteiger partial charge in [-0.3, -0.25) is 9.79 Å². The number of nitrogens with one attached hydrogen (secondary N) is 2. The van der Waals surface area contributed by atoms with Gasteiger partial charge in [0.05, 0.1) is 6.61 Å². The number of halogens is 3. The highest BCUT2D eigenvalue weighted by atomic mass is 19.4. The van der Waals surface area contributed by atoms with Gasteiger partial charge in [0.15, 0.2) is 11.6 Å². The van der Waals surface area contributed by atoms with E-state index in [9.17, 15) is 23.2 Å². The summed E-state index contributed by atoms with van der Waals surface area (Å²) < 4.78 is 46.7. The lowest BCUT2D eigenvalue weighted by atomic mass is 10.2. The van der Waals surface area contributed by atoms with Crippen molar-refractivity contribution < 1.29 is 38.1 Å². The van der Waals surface area contributed by atoms with Crippen LogP contribution >= 0.6 is 0 Å². The summed E-state index contributed by atoms with van der Waals surface area (Å²) in [6.45, 7) is 6.41. The number of hydrogen-bond donors (Lipinski definition) is 6. The Bertz CT molecular complexity index is 738. The fourth-order valence-corrected chi connectivity index (χ4v) is 2.57. The smallest absolute Gasteiger partial charge is 0.471 e. The second-order valence-electron chi connectivity index (χ2n) is 6.88. The summed E-state index contributed by atoms with van der Waals surface area (Å²) in [7, 11) is 4.91. The number of alkyl halides is 3. The second-order valence-corrected chi connectivity index (χ2v) is 6.88. The number of rotatable bonds is 14. The number of ether oxygens (including phenoxy) is 2. The second kappa shape index (κ2) is 21.6. The minimum Gasteiger partial charge on any atom is -0.491 e. The zero-order chi connectivity index (χ0) is 28.0. The average Bonchev–Trinajstić information content (AvgIpc) is 2.87. The van der Waals surface area contributed by atoms with E-state index in [0.29, 0.717) is 62.8 Å². The molecule has 0 aliphatic heterocycles. The summed E-state index contributed by atoms with van der Waals surface area (Å²) in [6.07, 6.45) is -3.77. The fourth-order valence-electron chi connectivity index (χ4n) is 2.57. The third-order valence-electron chi connectivity index (χ3n) is 4.22. The summed E-state index contributed by atoms with van der Waals surface area (Å²) in [5.74, 6) is -1.17. The van der Waals surface area contributed by atoms with Crippen LogP contribution in [0.15, 0.2) is 23.2 Å². The molecule has 1 rings (SSSR count). The average molecular weight is 527 g/mol. The number of nitrogens with two attached hydrogens (primary N) is 3. The van der Waals surface area contributed by atoms with Gasteiger partial charge in [0, 0.05) is 26.3 Å². The van der Waals surface area contributed by atoms with Gasteiger partial charge in [-0.25, -0.2) is 5.21 Å². The molecule has 0 atom stereocenters. The molecule has 1 amide bonds. The molecule has 210 valence electrons. The standard InChI is InChI=1S/C19H31F3N6O4.C2H6.CH5N/c1-28(9-3-7-24-17(29)19(20,21)22)10-4-8-25-18(23)26-15-6-5-14(13-16(15)27-30)32-12-11-31-2;2*1-2/h5-6,13,27,30H,3-4,7-12H2,1-2H3,(H,24,29)(H3,23,25,26);1-2H3;2H2,1H3/p+1. The number of quaternary nitrogens is 1. The van der Waals surface area contributed by atoms with E-state index < -0.39 is 12.1 Å². The van der Waals surface area contributed by atoms with E-state index in [4.69, 9.17) is 15.2 Å². The lowest BCUT2D eigenvalue weighted by molar-refractivity contribution is -0.825. The summed E-state index contributed by atoms with van der Waals surface area (Å²) in [4.78, 5) is 16.9. The number of guanidine groups is 1. The molecular weight excluding hydrogens is 483 g/mol. The highest BCUT2D eigenvalue weighted by molar-refractivity contribution is 5.94. The van der Waals surface area contributed by atoms with Gasteiger partial charge in [-0.1, -0.05) is 13.8 Å². The van der Waals surface area contributed by atoms with Gasteiger partial charge >= 0.3 is 12.1 Å². The third-order valence-corrected chi connectivity index (χ3v) is 4.22. The van der Waals surface area contributed by atoms with Gasteiger partial charge in [-0.05, 0) is 52.2 Å². The molecule has 0 radical (unpaired) electrons. The predicted octanol–water partition coefficient (Wildman–Crippen LogP) is 1.01. The largest absolute Gasteiger partial charge is 0.491 e. The van der Waals surface area contributed by atoms with E-state index >= 15 is 0 Å². The molecule has 0 aromatic heterocycles. The van der Waals surface area contributed by atoms with Crippen molar-refractivity contribution in [3.05, 3.63) is 18.2 Å². The van der Waals surface area contributed by atoms with Crippen LogP contribution in [-0.2, 0) is 9.53 Å². The van der Waals surface area contributed by atoms with Crippen molar-refractivity contribution in [1.82, 2.24) is 10.2 Å². The normalized spacial score (nSPS) is 11.1. The van der Waals surface area contributed by atoms with Gasteiger partial charge in [0.25, 0.3) is 0 Å². The van der Waals surface area contributed by atoms with Crippen LogP contribution in [0.4, 0.5) is 24.5 Å². The topological polar surface area (TPSA) is 164 Å². The predicted molar refractivity (Wildman–Crippen MR) is 135 cm³/mol. The molecular formula is C22H43F3N7O4+. The first kappa shape index (κ1) is 35.5. The molecule has 0 fully saturated rings. The maximum absolute atomic E-state index is 12.1. The van der Waals surface area contributed by atoms with E-state index in [0.717, 1.165) is 5.48 Å². The first-order chi connectivity index (χ1) is 17.2. The first-order valence-corrected chi connectivity index (χ1v) is 11.6. The van der Waals surface area contributed by atoms with Crippen molar-refractivity contribution in [3.8, 4) is 5.75 Å². The lowest BCUT2D eigenvalue weighted by Crippen LogP contribution is -2.74. The number of anilines is 1. The zero-order valence-corrected chi connectivity index (χ0v) is 21.8. The number of nitrogens with zero attached hydrogens (tertiary/aromatic N) is 2. The molecule has 1 aromatic carbocycles. The Kier molecular flexibility index (Phi) is 21.3. The number of aliphatic imine (C=N–C) groups is 1. The van der Waals surface area contributed by atoms with Crippen LogP contribution in [0.3, 0.4) is 0 Å². The minimum atomic E-state index is -4.85. The molecule has 11 nitrogen and oxygen atoms in total.